The molecule has 0 aromatic carbocycles. The van der Waals surface area contributed by atoms with E-state index in [-0.39, 0.29) is 0 Å². The van der Waals surface area contributed by atoms with Crippen molar-refractivity contribution in [1.82, 2.24) is 0 Å². The molecule has 0 fully saturated rings. The molecule has 1 rings (SSSR count). The van der Waals surface area contributed by atoms with E-state index in [2.05, 4.69) is 0 Å². The molecular weight excluding hydrogens is 242 g/mol. The van der Waals surface area contributed by atoms with Crippen molar-refractivity contribution in [2.75, 3.05) is 6.54 Å². The first-order chi connectivity index (χ1) is 6.48. The second kappa shape index (κ2) is 4.61. The lowest BCUT2D eigenvalue weighted by Crippen LogP contribution is -2.20. The largest absolute Gasteiger partial charge is 0.330 e. The summed E-state index contributed by atoms with van der Waals surface area (Å²) in [4.78, 5) is 0. The molecule has 1 unspecified atom stereocenters. The maximum Gasteiger partial charge on any atom is 0.190 e. The number of hydrogen-bond donors (Lipinski definition) is 1. The molecule has 1 atom stereocenters. The molecule has 0 radical (unpaired) electrons. The van der Waals surface area contributed by atoms with E-state index in [1.165, 1.54) is 6.07 Å². The summed E-state index contributed by atoms with van der Waals surface area (Å²) in [6.45, 7) is 2.04. The Morgan fingerprint density at radius 3 is 2.64 bits per heavy atom. The van der Waals surface area contributed by atoms with Gasteiger partial charge in [0, 0.05) is 0 Å². The SMILES string of the molecule is CC(CCN)S(=O)(=O)c1ccc(Cl)s1. The van der Waals surface area contributed by atoms with Gasteiger partial charge in [-0.15, -0.1) is 11.3 Å². The lowest BCUT2D eigenvalue weighted by Gasteiger charge is -2.09. The third kappa shape index (κ3) is 2.48. The molecule has 0 bridgehead atoms. The number of nitrogens with two attached hydrogens (primary N) is 1. The van der Waals surface area contributed by atoms with Gasteiger partial charge in [0.1, 0.15) is 4.21 Å². The summed E-state index contributed by atoms with van der Waals surface area (Å²) in [6.07, 6.45) is 0.470. The Kier molecular flexibility index (Phi) is 3.94. The fourth-order valence-corrected chi connectivity index (χ4v) is 4.28. The third-order valence-corrected chi connectivity index (χ3v) is 5.90. The van der Waals surface area contributed by atoms with Crippen LogP contribution in [0.15, 0.2) is 16.3 Å². The first-order valence-corrected chi connectivity index (χ1v) is 6.92. The Balaban J connectivity index is 2.96. The molecule has 0 aliphatic carbocycles. The van der Waals surface area contributed by atoms with Gasteiger partial charge >= 0.3 is 0 Å². The summed E-state index contributed by atoms with van der Waals surface area (Å²) in [6, 6.07) is 3.13. The Morgan fingerprint density at radius 1 is 1.57 bits per heavy atom. The molecule has 6 heteroatoms. The zero-order chi connectivity index (χ0) is 10.8. The highest BCUT2D eigenvalue weighted by Gasteiger charge is 2.24. The van der Waals surface area contributed by atoms with Gasteiger partial charge in [-0.25, -0.2) is 8.42 Å². The standard InChI is InChI=1S/C8H12ClNO2S2/c1-6(4-5-10)14(11,12)8-3-2-7(9)13-8/h2-3,6H,4-5,10H2,1H3. The minimum absolute atomic E-state index is 0.323. The van der Waals surface area contributed by atoms with E-state index in [1.807, 2.05) is 0 Å². The van der Waals surface area contributed by atoms with E-state index >= 15 is 0 Å². The van der Waals surface area contributed by atoms with Crippen LogP contribution in [0.25, 0.3) is 0 Å². The highest BCUT2D eigenvalue weighted by Crippen LogP contribution is 2.28. The molecular formula is C8H12ClNO2S2. The Labute approximate surface area is 92.8 Å². The number of sulfone groups is 1. The van der Waals surface area contributed by atoms with Gasteiger partial charge in [-0.1, -0.05) is 11.6 Å². The van der Waals surface area contributed by atoms with Crippen molar-refractivity contribution < 1.29 is 8.42 Å². The molecule has 14 heavy (non-hydrogen) atoms. The lowest BCUT2D eigenvalue weighted by atomic mass is 10.3. The molecule has 0 aliphatic rings. The average molecular weight is 254 g/mol. The van der Waals surface area contributed by atoms with E-state index in [0.717, 1.165) is 11.3 Å². The van der Waals surface area contributed by atoms with Gasteiger partial charge in [0.25, 0.3) is 0 Å². The van der Waals surface area contributed by atoms with Crippen molar-refractivity contribution in [3.8, 4) is 0 Å². The predicted molar refractivity (Wildman–Crippen MR) is 59.6 cm³/mol. The second-order valence-corrected chi connectivity index (χ2v) is 7.30. The first-order valence-electron chi connectivity index (χ1n) is 4.17. The van der Waals surface area contributed by atoms with Crippen LogP contribution in [-0.4, -0.2) is 20.2 Å². The molecule has 2 N–H and O–H groups in total. The zero-order valence-corrected chi connectivity index (χ0v) is 10.1. The average Bonchev–Trinajstić information content (AvgIpc) is 2.52. The number of hydrogen-bond acceptors (Lipinski definition) is 4. The van der Waals surface area contributed by atoms with Crippen molar-refractivity contribution in [3.05, 3.63) is 16.5 Å². The van der Waals surface area contributed by atoms with Crippen molar-refractivity contribution in [3.63, 3.8) is 0 Å². The third-order valence-electron chi connectivity index (χ3n) is 1.93. The minimum Gasteiger partial charge on any atom is -0.330 e. The van der Waals surface area contributed by atoms with E-state index < -0.39 is 15.1 Å². The van der Waals surface area contributed by atoms with Crippen LogP contribution >= 0.6 is 22.9 Å². The van der Waals surface area contributed by atoms with Gasteiger partial charge in [-0.3, -0.25) is 0 Å². The highest BCUT2D eigenvalue weighted by molar-refractivity contribution is 7.94. The van der Waals surface area contributed by atoms with Crippen molar-refractivity contribution in [1.29, 1.82) is 0 Å². The fraction of sp³-hybridized carbons (Fsp3) is 0.500. The maximum atomic E-state index is 11.8. The van der Waals surface area contributed by atoms with E-state index in [1.54, 1.807) is 13.0 Å². The van der Waals surface area contributed by atoms with Crippen LogP contribution in [0.5, 0.6) is 0 Å². The summed E-state index contributed by atoms with van der Waals surface area (Å²) in [7, 11) is -3.23. The van der Waals surface area contributed by atoms with Crippen LogP contribution in [0.2, 0.25) is 4.34 Å². The van der Waals surface area contributed by atoms with Crippen LogP contribution < -0.4 is 5.73 Å². The molecule has 0 saturated heterocycles. The Bertz CT molecular complexity index is 399. The van der Waals surface area contributed by atoms with Gasteiger partial charge in [0.15, 0.2) is 9.84 Å². The van der Waals surface area contributed by atoms with Gasteiger partial charge in [-0.2, -0.15) is 0 Å². The molecule has 0 aliphatic heterocycles. The highest BCUT2D eigenvalue weighted by atomic mass is 35.5. The van der Waals surface area contributed by atoms with E-state index in [0.29, 0.717) is 21.5 Å². The zero-order valence-electron chi connectivity index (χ0n) is 7.73. The van der Waals surface area contributed by atoms with Crippen LogP contribution in [0.3, 0.4) is 0 Å². The summed E-state index contributed by atoms with van der Waals surface area (Å²) in [5, 5.41) is -0.442. The maximum absolute atomic E-state index is 11.8. The van der Waals surface area contributed by atoms with E-state index in [4.69, 9.17) is 17.3 Å². The quantitative estimate of drug-likeness (QED) is 0.892. The lowest BCUT2D eigenvalue weighted by molar-refractivity contribution is 0.580. The van der Waals surface area contributed by atoms with Gasteiger partial charge in [0.05, 0.1) is 9.59 Å². The summed E-state index contributed by atoms with van der Waals surface area (Å²) in [5.41, 5.74) is 5.32. The normalized spacial score (nSPS) is 14.2. The number of thiophene rings is 1. The molecule has 3 nitrogen and oxygen atoms in total. The molecule has 0 amide bonds. The minimum atomic E-state index is -3.23. The summed E-state index contributed by atoms with van der Waals surface area (Å²) >= 11 is 6.76. The number of halogens is 1. The second-order valence-electron chi connectivity index (χ2n) is 2.99. The van der Waals surface area contributed by atoms with Crippen LogP contribution in [0.1, 0.15) is 13.3 Å². The fourth-order valence-electron chi connectivity index (χ4n) is 1.04. The summed E-state index contributed by atoms with van der Waals surface area (Å²) in [5.74, 6) is 0. The van der Waals surface area contributed by atoms with E-state index in [9.17, 15) is 8.42 Å². The molecule has 1 aromatic rings. The van der Waals surface area contributed by atoms with Crippen molar-refractivity contribution in [2.45, 2.75) is 22.8 Å². The molecule has 0 saturated carbocycles. The molecule has 80 valence electrons. The molecule has 1 heterocycles. The van der Waals surface area contributed by atoms with Crippen LogP contribution in [0, 0.1) is 0 Å². The van der Waals surface area contributed by atoms with Crippen molar-refractivity contribution >= 4 is 32.8 Å². The Morgan fingerprint density at radius 2 is 2.21 bits per heavy atom. The monoisotopic (exact) mass is 253 g/mol. The van der Waals surface area contributed by atoms with Crippen molar-refractivity contribution in [2.24, 2.45) is 5.73 Å². The summed E-state index contributed by atoms with van der Waals surface area (Å²) < 4.78 is 24.5. The number of rotatable bonds is 4. The topological polar surface area (TPSA) is 60.2 Å². The smallest absolute Gasteiger partial charge is 0.190 e. The van der Waals surface area contributed by atoms with Gasteiger partial charge in [0.2, 0.25) is 0 Å². The van der Waals surface area contributed by atoms with Gasteiger partial charge in [-0.05, 0) is 32.0 Å². The van der Waals surface area contributed by atoms with Gasteiger partial charge < -0.3 is 5.73 Å². The predicted octanol–water partition coefficient (Wildman–Crippen LogP) is 1.91. The first kappa shape index (κ1) is 12.0. The molecule has 0 spiro atoms. The Hall–Kier alpha value is -0.100. The van der Waals surface area contributed by atoms with Crippen LogP contribution in [-0.2, 0) is 9.84 Å². The van der Waals surface area contributed by atoms with Crippen LogP contribution in [0.4, 0.5) is 0 Å². The molecule has 1 aromatic heterocycles.